The van der Waals surface area contributed by atoms with Crippen LogP contribution in [0.2, 0.25) is 10.0 Å². The van der Waals surface area contributed by atoms with E-state index in [-0.39, 0.29) is 46.7 Å². The lowest BCUT2D eigenvalue weighted by molar-refractivity contribution is 0.0917. The number of carbonyl (C=O) groups excluding carboxylic acids is 2. The number of hydrogen-bond acceptors (Lipinski definition) is 4. The van der Waals surface area contributed by atoms with Gasteiger partial charge in [-0.25, -0.2) is 13.2 Å². The van der Waals surface area contributed by atoms with Gasteiger partial charge in [0.1, 0.15) is 5.82 Å². The van der Waals surface area contributed by atoms with Gasteiger partial charge in [-0.1, -0.05) is 29.3 Å². The van der Waals surface area contributed by atoms with E-state index in [9.17, 15) is 27.9 Å². The summed E-state index contributed by atoms with van der Waals surface area (Å²) in [7, 11) is 0. The van der Waals surface area contributed by atoms with Crippen LogP contribution in [-0.4, -0.2) is 42.7 Å². The predicted molar refractivity (Wildman–Crippen MR) is 135 cm³/mol. The van der Waals surface area contributed by atoms with Crippen molar-refractivity contribution in [3.8, 4) is 0 Å². The molecule has 0 fully saturated rings. The highest BCUT2D eigenvalue weighted by molar-refractivity contribution is 6.40. The molecule has 1 atom stereocenters. The van der Waals surface area contributed by atoms with Crippen molar-refractivity contribution in [2.75, 3.05) is 24.6 Å². The molecular formula is C26H22Cl2F3N3O3. The van der Waals surface area contributed by atoms with Gasteiger partial charge in [-0.15, -0.1) is 0 Å². The van der Waals surface area contributed by atoms with E-state index >= 15 is 0 Å². The third-order valence-electron chi connectivity index (χ3n) is 6.05. The maximum absolute atomic E-state index is 13.5. The minimum absolute atomic E-state index is 0.00531. The van der Waals surface area contributed by atoms with Gasteiger partial charge >= 0.3 is 0 Å². The summed E-state index contributed by atoms with van der Waals surface area (Å²) in [6.45, 7) is 0.413. The van der Waals surface area contributed by atoms with Crippen LogP contribution in [-0.2, 0) is 13.0 Å². The topological polar surface area (TPSA) is 81.7 Å². The SMILES string of the molecule is O=C(NCc1ccc(Cl)c(C(=O)N[C@@H](CO)CN2CCc3cc(F)ccc32)c1Cl)c1ccc(F)c(F)c1. The van der Waals surface area contributed by atoms with E-state index in [1.807, 2.05) is 4.90 Å². The zero-order valence-corrected chi connectivity index (χ0v) is 20.8. The van der Waals surface area contributed by atoms with Crippen LogP contribution in [0.4, 0.5) is 18.9 Å². The molecule has 0 bridgehead atoms. The number of hydrogen-bond donors (Lipinski definition) is 3. The number of aliphatic hydroxyl groups is 1. The van der Waals surface area contributed by atoms with Crippen molar-refractivity contribution in [1.82, 2.24) is 10.6 Å². The standard InChI is InChI=1S/C26H22Cl2F3N3O3/c27-19-4-1-16(11-32-25(36)15-2-5-20(30)21(31)10-15)24(28)23(19)26(37)33-18(13-35)12-34-8-7-14-9-17(29)3-6-22(14)34/h1-6,9-10,18,35H,7-8,11-13H2,(H,32,36)(H,33,37)/t18-/m1/s1. The highest BCUT2D eigenvalue weighted by Crippen LogP contribution is 2.30. The van der Waals surface area contributed by atoms with Crippen molar-refractivity contribution in [3.05, 3.63) is 98.3 Å². The molecule has 11 heteroatoms. The number of nitrogens with zero attached hydrogens (tertiary/aromatic N) is 1. The Hall–Kier alpha value is -3.27. The van der Waals surface area contributed by atoms with E-state index in [0.717, 1.165) is 29.4 Å². The van der Waals surface area contributed by atoms with E-state index in [1.165, 1.54) is 24.3 Å². The van der Waals surface area contributed by atoms with Crippen molar-refractivity contribution in [2.45, 2.75) is 19.0 Å². The number of anilines is 1. The van der Waals surface area contributed by atoms with Crippen LogP contribution >= 0.6 is 23.2 Å². The largest absolute Gasteiger partial charge is 0.394 e. The van der Waals surface area contributed by atoms with Crippen molar-refractivity contribution in [3.63, 3.8) is 0 Å². The molecule has 1 aliphatic rings. The maximum atomic E-state index is 13.5. The molecule has 2 amide bonds. The summed E-state index contributed by atoms with van der Waals surface area (Å²) < 4.78 is 40.1. The van der Waals surface area contributed by atoms with Gasteiger partial charge in [0, 0.05) is 30.9 Å². The number of benzene rings is 3. The summed E-state index contributed by atoms with van der Waals surface area (Å²) in [5.74, 6) is -3.84. The molecular weight excluding hydrogens is 530 g/mol. The Labute approximate surface area is 221 Å². The fourth-order valence-corrected chi connectivity index (χ4v) is 4.77. The van der Waals surface area contributed by atoms with Crippen LogP contribution in [0.1, 0.15) is 31.8 Å². The van der Waals surface area contributed by atoms with Gasteiger partial charge in [-0.3, -0.25) is 9.59 Å². The van der Waals surface area contributed by atoms with Crippen molar-refractivity contribution < 1.29 is 27.9 Å². The number of aliphatic hydroxyl groups excluding tert-OH is 1. The number of fused-ring (bicyclic) bond motifs is 1. The van der Waals surface area contributed by atoms with Crippen LogP contribution in [0.25, 0.3) is 0 Å². The molecule has 37 heavy (non-hydrogen) atoms. The predicted octanol–water partition coefficient (Wildman–Crippen LogP) is 4.49. The number of carbonyl (C=O) groups is 2. The lowest BCUT2D eigenvalue weighted by atomic mass is 10.1. The quantitative estimate of drug-likeness (QED) is 0.385. The highest BCUT2D eigenvalue weighted by Gasteiger charge is 2.25. The van der Waals surface area contributed by atoms with Gasteiger partial charge in [-0.05, 0) is 60.0 Å². The fraction of sp³-hybridized carbons (Fsp3) is 0.231. The van der Waals surface area contributed by atoms with Gasteiger partial charge in [0.15, 0.2) is 11.6 Å². The minimum atomic E-state index is -1.15. The molecule has 3 N–H and O–H groups in total. The van der Waals surface area contributed by atoms with Crippen molar-refractivity contribution in [1.29, 1.82) is 0 Å². The molecule has 3 aromatic carbocycles. The van der Waals surface area contributed by atoms with E-state index in [4.69, 9.17) is 23.2 Å². The van der Waals surface area contributed by atoms with E-state index < -0.39 is 29.5 Å². The molecule has 0 saturated heterocycles. The van der Waals surface area contributed by atoms with Gasteiger partial charge in [-0.2, -0.15) is 0 Å². The van der Waals surface area contributed by atoms with Gasteiger partial charge in [0.05, 0.1) is 28.3 Å². The molecule has 3 aromatic rings. The lowest BCUT2D eigenvalue weighted by Gasteiger charge is -2.26. The zero-order chi connectivity index (χ0) is 26.7. The Balaban J connectivity index is 1.44. The Morgan fingerprint density at radius 1 is 1.00 bits per heavy atom. The van der Waals surface area contributed by atoms with E-state index in [2.05, 4.69) is 10.6 Å². The average Bonchev–Trinajstić information content (AvgIpc) is 3.26. The van der Waals surface area contributed by atoms with Crippen LogP contribution in [0.3, 0.4) is 0 Å². The molecule has 0 aliphatic carbocycles. The fourth-order valence-electron chi connectivity index (χ4n) is 4.16. The summed E-state index contributed by atoms with van der Waals surface area (Å²) in [4.78, 5) is 27.4. The zero-order valence-electron chi connectivity index (χ0n) is 19.3. The number of amides is 2. The number of nitrogens with one attached hydrogen (secondary N) is 2. The second-order valence-corrected chi connectivity index (χ2v) is 9.31. The van der Waals surface area contributed by atoms with Crippen LogP contribution in [0.15, 0.2) is 48.5 Å². The molecule has 0 unspecified atom stereocenters. The molecule has 194 valence electrons. The molecule has 0 radical (unpaired) electrons. The lowest BCUT2D eigenvalue weighted by Crippen LogP contribution is -2.46. The maximum Gasteiger partial charge on any atom is 0.254 e. The first-order chi connectivity index (χ1) is 17.7. The molecule has 0 saturated carbocycles. The molecule has 1 heterocycles. The van der Waals surface area contributed by atoms with Crippen molar-refractivity contribution in [2.24, 2.45) is 0 Å². The van der Waals surface area contributed by atoms with Crippen LogP contribution in [0.5, 0.6) is 0 Å². The van der Waals surface area contributed by atoms with Gasteiger partial charge in [0.25, 0.3) is 11.8 Å². The third kappa shape index (κ3) is 6.01. The van der Waals surface area contributed by atoms with Gasteiger partial charge < -0.3 is 20.6 Å². The molecule has 4 rings (SSSR count). The summed E-state index contributed by atoms with van der Waals surface area (Å²) in [5, 5.41) is 15.2. The Kier molecular flexibility index (Phi) is 8.26. The molecule has 6 nitrogen and oxygen atoms in total. The van der Waals surface area contributed by atoms with Crippen LogP contribution in [0, 0.1) is 17.5 Å². The first-order valence-electron chi connectivity index (χ1n) is 11.3. The summed E-state index contributed by atoms with van der Waals surface area (Å²) in [6.07, 6.45) is 0.648. The third-order valence-corrected chi connectivity index (χ3v) is 6.80. The Morgan fingerprint density at radius 3 is 2.51 bits per heavy atom. The van der Waals surface area contributed by atoms with E-state index in [0.29, 0.717) is 18.5 Å². The molecule has 0 spiro atoms. The molecule has 1 aliphatic heterocycles. The number of rotatable bonds is 8. The smallest absolute Gasteiger partial charge is 0.254 e. The van der Waals surface area contributed by atoms with E-state index in [1.54, 1.807) is 6.07 Å². The van der Waals surface area contributed by atoms with Crippen molar-refractivity contribution >= 4 is 40.7 Å². The van der Waals surface area contributed by atoms with Crippen LogP contribution < -0.4 is 15.5 Å². The summed E-state index contributed by atoms with van der Waals surface area (Å²) >= 11 is 12.7. The Bertz CT molecular complexity index is 1360. The second kappa shape index (κ2) is 11.4. The second-order valence-electron chi connectivity index (χ2n) is 8.53. The highest BCUT2D eigenvalue weighted by atomic mass is 35.5. The summed E-state index contributed by atoms with van der Waals surface area (Å²) in [5.41, 5.74) is 1.93. The first kappa shape index (κ1) is 26.8. The minimum Gasteiger partial charge on any atom is -0.394 e. The normalized spacial score (nSPS) is 13.3. The monoisotopic (exact) mass is 551 g/mol. The number of halogens is 5. The van der Waals surface area contributed by atoms with Gasteiger partial charge in [0.2, 0.25) is 0 Å². The Morgan fingerprint density at radius 2 is 1.78 bits per heavy atom. The average molecular weight is 552 g/mol. The first-order valence-corrected chi connectivity index (χ1v) is 12.1. The molecule has 0 aromatic heterocycles. The summed E-state index contributed by atoms with van der Waals surface area (Å²) in [6, 6.07) is 9.55.